The van der Waals surface area contributed by atoms with Crippen molar-refractivity contribution >= 4 is 5.91 Å². The Morgan fingerprint density at radius 1 is 1.50 bits per heavy atom. The summed E-state index contributed by atoms with van der Waals surface area (Å²) in [4.78, 5) is 15.9. The minimum atomic E-state index is 0.0266. The van der Waals surface area contributed by atoms with Gasteiger partial charge in [0.15, 0.2) is 0 Å². The number of nitrogens with two attached hydrogens (primary N) is 1. The number of nitrogens with zero attached hydrogens (tertiary/aromatic N) is 2. The zero-order valence-electron chi connectivity index (χ0n) is 9.20. The van der Waals surface area contributed by atoms with E-state index in [4.69, 9.17) is 5.73 Å². The van der Waals surface area contributed by atoms with Crippen LogP contribution in [0.2, 0.25) is 0 Å². The van der Waals surface area contributed by atoms with Crippen LogP contribution in [0, 0.1) is 0 Å². The van der Waals surface area contributed by atoms with Gasteiger partial charge in [-0.15, -0.1) is 0 Å². The summed E-state index contributed by atoms with van der Waals surface area (Å²) in [5, 5.41) is 0. The van der Waals surface area contributed by atoms with Crippen molar-refractivity contribution in [1.82, 2.24) is 9.80 Å². The van der Waals surface area contributed by atoms with Crippen LogP contribution in [0.25, 0.3) is 0 Å². The SMILES string of the molecule is CCCN1CCN(C)C(=O)C1CCN. The molecule has 1 unspecified atom stereocenters. The van der Waals surface area contributed by atoms with Crippen molar-refractivity contribution < 1.29 is 4.79 Å². The van der Waals surface area contributed by atoms with E-state index < -0.39 is 0 Å². The van der Waals surface area contributed by atoms with Gasteiger partial charge in [0.1, 0.15) is 0 Å². The van der Waals surface area contributed by atoms with Crippen molar-refractivity contribution in [3.05, 3.63) is 0 Å². The highest BCUT2D eigenvalue weighted by atomic mass is 16.2. The average molecular weight is 199 g/mol. The van der Waals surface area contributed by atoms with Crippen molar-refractivity contribution in [2.75, 3.05) is 33.2 Å². The number of carbonyl (C=O) groups is 1. The normalized spacial score (nSPS) is 24.4. The molecule has 1 heterocycles. The molecule has 0 radical (unpaired) electrons. The van der Waals surface area contributed by atoms with Crippen LogP contribution in [0.3, 0.4) is 0 Å². The van der Waals surface area contributed by atoms with Crippen molar-refractivity contribution in [3.8, 4) is 0 Å². The van der Waals surface area contributed by atoms with Crippen molar-refractivity contribution in [1.29, 1.82) is 0 Å². The Labute approximate surface area is 86.0 Å². The van der Waals surface area contributed by atoms with Gasteiger partial charge in [0, 0.05) is 20.1 Å². The summed E-state index contributed by atoms with van der Waals surface area (Å²) in [6, 6.07) is 0.0266. The molecule has 1 atom stereocenters. The molecule has 1 aliphatic rings. The zero-order chi connectivity index (χ0) is 10.6. The van der Waals surface area contributed by atoms with Crippen molar-refractivity contribution in [2.24, 2.45) is 5.73 Å². The molecular formula is C10H21N3O. The maximum Gasteiger partial charge on any atom is 0.239 e. The summed E-state index contributed by atoms with van der Waals surface area (Å²) < 4.78 is 0. The van der Waals surface area contributed by atoms with Crippen LogP contribution in [-0.4, -0.2) is 55.0 Å². The lowest BCUT2D eigenvalue weighted by Crippen LogP contribution is -2.56. The first-order valence-corrected chi connectivity index (χ1v) is 5.39. The van der Waals surface area contributed by atoms with Crippen LogP contribution in [-0.2, 0) is 4.79 Å². The molecule has 0 spiro atoms. The van der Waals surface area contributed by atoms with E-state index in [-0.39, 0.29) is 11.9 Å². The minimum Gasteiger partial charge on any atom is -0.343 e. The predicted molar refractivity (Wildman–Crippen MR) is 57.0 cm³/mol. The Balaban J connectivity index is 2.61. The summed E-state index contributed by atoms with van der Waals surface area (Å²) in [5.41, 5.74) is 5.53. The van der Waals surface area contributed by atoms with E-state index in [1.54, 1.807) is 0 Å². The van der Waals surface area contributed by atoms with Crippen LogP contribution in [0.15, 0.2) is 0 Å². The molecule has 1 rings (SSSR count). The Hall–Kier alpha value is -0.610. The second-order valence-corrected chi connectivity index (χ2v) is 3.89. The Bertz CT molecular complexity index is 196. The second kappa shape index (κ2) is 5.32. The molecule has 4 heteroatoms. The van der Waals surface area contributed by atoms with Gasteiger partial charge in [0.2, 0.25) is 5.91 Å². The highest BCUT2D eigenvalue weighted by Gasteiger charge is 2.31. The Morgan fingerprint density at radius 3 is 2.79 bits per heavy atom. The van der Waals surface area contributed by atoms with Crippen LogP contribution in [0.5, 0.6) is 0 Å². The molecule has 82 valence electrons. The lowest BCUT2D eigenvalue weighted by molar-refractivity contribution is -0.140. The summed E-state index contributed by atoms with van der Waals surface area (Å²) in [5.74, 6) is 0.232. The quantitative estimate of drug-likeness (QED) is 0.687. The number of hydrogen-bond donors (Lipinski definition) is 1. The van der Waals surface area contributed by atoms with Gasteiger partial charge in [0.05, 0.1) is 6.04 Å². The van der Waals surface area contributed by atoms with Gasteiger partial charge in [-0.05, 0) is 25.9 Å². The van der Waals surface area contributed by atoms with E-state index >= 15 is 0 Å². The van der Waals surface area contributed by atoms with E-state index in [9.17, 15) is 4.79 Å². The smallest absolute Gasteiger partial charge is 0.239 e. The number of likely N-dealkylation sites (N-methyl/N-ethyl adjacent to an activating group) is 1. The molecule has 0 aromatic carbocycles. The topological polar surface area (TPSA) is 49.6 Å². The van der Waals surface area contributed by atoms with E-state index in [1.165, 1.54) is 0 Å². The lowest BCUT2D eigenvalue weighted by Gasteiger charge is -2.38. The summed E-state index contributed by atoms with van der Waals surface area (Å²) in [6.45, 7) is 5.57. The fourth-order valence-corrected chi connectivity index (χ4v) is 1.97. The maximum absolute atomic E-state index is 11.8. The van der Waals surface area contributed by atoms with Gasteiger partial charge in [-0.3, -0.25) is 9.69 Å². The molecule has 0 saturated carbocycles. The molecule has 0 bridgehead atoms. The first-order chi connectivity index (χ1) is 6.70. The number of hydrogen-bond acceptors (Lipinski definition) is 3. The number of piperazine rings is 1. The van der Waals surface area contributed by atoms with Crippen LogP contribution >= 0.6 is 0 Å². The molecule has 1 saturated heterocycles. The molecule has 1 amide bonds. The van der Waals surface area contributed by atoms with Crippen LogP contribution in [0.4, 0.5) is 0 Å². The molecule has 1 aliphatic heterocycles. The maximum atomic E-state index is 11.8. The fourth-order valence-electron chi connectivity index (χ4n) is 1.97. The van der Waals surface area contributed by atoms with E-state index in [0.717, 1.165) is 32.5 Å². The van der Waals surface area contributed by atoms with Crippen LogP contribution in [0.1, 0.15) is 19.8 Å². The van der Waals surface area contributed by atoms with Crippen LogP contribution < -0.4 is 5.73 Å². The first-order valence-electron chi connectivity index (χ1n) is 5.39. The molecule has 14 heavy (non-hydrogen) atoms. The third kappa shape index (κ3) is 2.45. The molecule has 0 aliphatic carbocycles. The van der Waals surface area contributed by atoms with E-state index in [0.29, 0.717) is 6.54 Å². The van der Waals surface area contributed by atoms with E-state index in [1.807, 2.05) is 11.9 Å². The molecule has 1 fully saturated rings. The van der Waals surface area contributed by atoms with Crippen molar-refractivity contribution in [2.45, 2.75) is 25.8 Å². The Kier molecular flexibility index (Phi) is 4.35. The molecule has 0 aromatic heterocycles. The first kappa shape index (κ1) is 11.5. The lowest BCUT2D eigenvalue weighted by atomic mass is 10.1. The predicted octanol–water partition coefficient (Wildman–Crippen LogP) is -0.112. The van der Waals surface area contributed by atoms with Crippen molar-refractivity contribution in [3.63, 3.8) is 0 Å². The third-order valence-corrected chi connectivity index (χ3v) is 2.78. The van der Waals surface area contributed by atoms with Gasteiger partial charge in [0.25, 0.3) is 0 Å². The molecule has 2 N–H and O–H groups in total. The Morgan fingerprint density at radius 2 is 2.21 bits per heavy atom. The highest BCUT2D eigenvalue weighted by Crippen LogP contribution is 2.13. The fraction of sp³-hybridized carbons (Fsp3) is 0.900. The summed E-state index contributed by atoms with van der Waals surface area (Å²) in [7, 11) is 1.87. The molecular weight excluding hydrogens is 178 g/mol. The van der Waals surface area contributed by atoms with Gasteiger partial charge >= 0.3 is 0 Å². The van der Waals surface area contributed by atoms with Gasteiger partial charge in [-0.1, -0.05) is 6.92 Å². The number of carbonyl (C=O) groups excluding carboxylic acids is 1. The monoisotopic (exact) mass is 199 g/mol. The van der Waals surface area contributed by atoms with Gasteiger partial charge in [-0.25, -0.2) is 0 Å². The number of amides is 1. The minimum absolute atomic E-state index is 0.0266. The average Bonchev–Trinajstić information content (AvgIpc) is 2.18. The van der Waals surface area contributed by atoms with Gasteiger partial charge < -0.3 is 10.6 Å². The zero-order valence-corrected chi connectivity index (χ0v) is 9.20. The molecule has 0 aromatic rings. The highest BCUT2D eigenvalue weighted by molar-refractivity contribution is 5.82. The summed E-state index contributed by atoms with van der Waals surface area (Å²) >= 11 is 0. The van der Waals surface area contributed by atoms with Gasteiger partial charge in [-0.2, -0.15) is 0 Å². The second-order valence-electron chi connectivity index (χ2n) is 3.89. The summed E-state index contributed by atoms with van der Waals surface area (Å²) in [6.07, 6.45) is 1.88. The third-order valence-electron chi connectivity index (χ3n) is 2.78. The molecule has 4 nitrogen and oxygen atoms in total. The number of rotatable bonds is 4. The largest absolute Gasteiger partial charge is 0.343 e. The van der Waals surface area contributed by atoms with E-state index in [2.05, 4.69) is 11.8 Å². The standard InChI is InChI=1S/C10H21N3O/c1-3-6-13-8-7-12(2)10(14)9(13)4-5-11/h9H,3-8,11H2,1-2H3.